The molecule has 1 N–H and O–H groups in total. The number of ether oxygens (including phenoxy) is 1. The van der Waals surface area contributed by atoms with Crippen LogP contribution in [0, 0.1) is 0 Å². The van der Waals surface area contributed by atoms with Crippen molar-refractivity contribution >= 4 is 8.32 Å². The molecule has 16 heavy (non-hydrogen) atoms. The zero-order chi connectivity index (χ0) is 12.0. The molecular weight excluding hydrogens is 218 g/mol. The minimum atomic E-state index is -1.65. The fourth-order valence-corrected chi connectivity index (χ4v) is 3.48. The fourth-order valence-electron chi connectivity index (χ4n) is 2.14. The molecule has 2 rings (SSSR count). The van der Waals surface area contributed by atoms with Crippen LogP contribution < -0.4 is 5.32 Å². The molecule has 2 aliphatic heterocycles. The molecule has 2 aliphatic rings. The van der Waals surface area contributed by atoms with Crippen LogP contribution in [-0.2, 0) is 9.16 Å². The van der Waals surface area contributed by atoms with Gasteiger partial charge in [0.2, 0.25) is 0 Å². The van der Waals surface area contributed by atoms with Gasteiger partial charge < -0.3 is 9.16 Å². The topological polar surface area (TPSA) is 30.5 Å². The summed E-state index contributed by atoms with van der Waals surface area (Å²) in [5.41, 5.74) is 0. The zero-order valence-electron chi connectivity index (χ0n) is 11.2. The third kappa shape index (κ3) is 2.35. The molecule has 0 spiro atoms. The second kappa shape index (κ2) is 4.09. The molecule has 3 atom stereocenters. The van der Waals surface area contributed by atoms with Crippen LogP contribution in [0.1, 0.15) is 33.6 Å². The standard InChI is InChI=1S/C12H25NO2Si/c1-12(2,3)16(4,5)15-10-8-13-11-7-6-9(10)14-11/h9-11,13H,6-8H2,1-5H3/t9-,10+,11?/m1/s1. The van der Waals surface area contributed by atoms with Crippen molar-refractivity contribution in [1.82, 2.24) is 5.32 Å². The molecule has 1 unspecified atom stereocenters. The minimum absolute atomic E-state index is 0.264. The second-order valence-electron chi connectivity index (χ2n) is 6.57. The highest BCUT2D eigenvalue weighted by Crippen LogP contribution is 2.39. The molecule has 2 bridgehead atoms. The molecule has 0 aromatic rings. The number of hydrogen-bond acceptors (Lipinski definition) is 3. The summed E-state index contributed by atoms with van der Waals surface area (Å²) in [6, 6.07) is 0. The van der Waals surface area contributed by atoms with Crippen LogP contribution in [0.5, 0.6) is 0 Å². The Morgan fingerprint density at radius 1 is 1.25 bits per heavy atom. The Hall–Kier alpha value is 0.0969. The summed E-state index contributed by atoms with van der Waals surface area (Å²) in [7, 11) is -1.65. The van der Waals surface area contributed by atoms with Crippen molar-refractivity contribution in [3.8, 4) is 0 Å². The van der Waals surface area contributed by atoms with Gasteiger partial charge in [0.15, 0.2) is 8.32 Å². The lowest BCUT2D eigenvalue weighted by molar-refractivity contribution is -0.0744. The van der Waals surface area contributed by atoms with E-state index in [0.717, 1.165) is 19.4 Å². The molecule has 2 saturated heterocycles. The van der Waals surface area contributed by atoms with E-state index in [1.807, 2.05) is 0 Å². The second-order valence-corrected chi connectivity index (χ2v) is 11.3. The van der Waals surface area contributed by atoms with Gasteiger partial charge in [-0.25, -0.2) is 0 Å². The molecule has 0 radical (unpaired) electrons. The van der Waals surface area contributed by atoms with Crippen LogP contribution in [0.2, 0.25) is 18.1 Å². The van der Waals surface area contributed by atoms with E-state index in [1.54, 1.807) is 0 Å². The summed E-state index contributed by atoms with van der Waals surface area (Å²) in [4.78, 5) is 0. The van der Waals surface area contributed by atoms with Crippen molar-refractivity contribution < 1.29 is 9.16 Å². The maximum Gasteiger partial charge on any atom is 0.192 e. The van der Waals surface area contributed by atoms with Gasteiger partial charge in [-0.1, -0.05) is 20.8 Å². The normalized spacial score (nSPS) is 35.4. The highest BCUT2D eigenvalue weighted by Gasteiger charge is 2.44. The van der Waals surface area contributed by atoms with Crippen molar-refractivity contribution in [2.75, 3.05) is 6.54 Å². The third-order valence-electron chi connectivity index (χ3n) is 4.27. The van der Waals surface area contributed by atoms with Gasteiger partial charge in [0.1, 0.15) is 6.23 Å². The smallest absolute Gasteiger partial charge is 0.192 e. The largest absolute Gasteiger partial charge is 0.410 e. The van der Waals surface area contributed by atoms with E-state index < -0.39 is 8.32 Å². The van der Waals surface area contributed by atoms with Crippen LogP contribution in [0.4, 0.5) is 0 Å². The first-order valence-electron chi connectivity index (χ1n) is 6.36. The molecule has 94 valence electrons. The SMILES string of the molecule is CC(C)(C)[Si](C)(C)O[C@H]1CNC2CC[C@H]1O2. The number of fused-ring (bicyclic) bond motifs is 2. The van der Waals surface area contributed by atoms with Crippen LogP contribution in [0.25, 0.3) is 0 Å². The van der Waals surface area contributed by atoms with Gasteiger partial charge in [-0.2, -0.15) is 0 Å². The van der Waals surface area contributed by atoms with Gasteiger partial charge >= 0.3 is 0 Å². The molecule has 4 heteroatoms. The average molecular weight is 243 g/mol. The van der Waals surface area contributed by atoms with Gasteiger partial charge in [0, 0.05) is 6.54 Å². The number of nitrogens with one attached hydrogen (secondary N) is 1. The molecule has 2 fully saturated rings. The van der Waals surface area contributed by atoms with E-state index in [9.17, 15) is 0 Å². The molecule has 0 amide bonds. The number of rotatable bonds is 2. The molecule has 3 nitrogen and oxygen atoms in total. The summed E-state index contributed by atoms with van der Waals surface area (Å²) in [5.74, 6) is 0. The lowest BCUT2D eigenvalue weighted by atomic mass is 10.1. The fraction of sp³-hybridized carbons (Fsp3) is 1.00. The van der Waals surface area contributed by atoms with Crippen molar-refractivity contribution in [2.24, 2.45) is 0 Å². The van der Waals surface area contributed by atoms with Crippen LogP contribution in [-0.4, -0.2) is 33.3 Å². The lowest BCUT2D eigenvalue weighted by Gasteiger charge is -2.42. The Labute approximate surface area is 100 Å². The monoisotopic (exact) mass is 243 g/mol. The highest BCUT2D eigenvalue weighted by molar-refractivity contribution is 6.74. The predicted molar refractivity (Wildman–Crippen MR) is 68.0 cm³/mol. The zero-order valence-corrected chi connectivity index (χ0v) is 12.2. The van der Waals surface area contributed by atoms with E-state index in [-0.39, 0.29) is 11.1 Å². The Bertz CT molecular complexity index is 262. The average Bonchev–Trinajstić information content (AvgIpc) is 2.52. The van der Waals surface area contributed by atoms with E-state index in [1.165, 1.54) is 0 Å². The predicted octanol–water partition coefficient (Wildman–Crippen LogP) is 2.49. The van der Waals surface area contributed by atoms with Gasteiger partial charge in [0.05, 0.1) is 12.2 Å². The first-order valence-corrected chi connectivity index (χ1v) is 9.27. The third-order valence-corrected chi connectivity index (χ3v) is 8.77. The Kier molecular flexibility index (Phi) is 3.21. The molecule has 2 heterocycles. The van der Waals surface area contributed by atoms with Gasteiger partial charge in [-0.3, -0.25) is 5.32 Å². The van der Waals surface area contributed by atoms with E-state index >= 15 is 0 Å². The minimum Gasteiger partial charge on any atom is -0.410 e. The Morgan fingerprint density at radius 2 is 1.94 bits per heavy atom. The maximum atomic E-state index is 6.42. The summed E-state index contributed by atoms with van der Waals surface area (Å²) in [6.45, 7) is 12.4. The summed E-state index contributed by atoms with van der Waals surface area (Å²) >= 11 is 0. The molecule has 0 aromatic heterocycles. The maximum absolute atomic E-state index is 6.42. The molecular formula is C12H25NO2Si. The first-order chi connectivity index (χ1) is 7.29. The summed E-state index contributed by atoms with van der Waals surface area (Å²) < 4.78 is 12.3. The van der Waals surface area contributed by atoms with E-state index in [4.69, 9.17) is 9.16 Å². The van der Waals surface area contributed by atoms with Gasteiger partial charge in [-0.15, -0.1) is 0 Å². The Balaban J connectivity index is 1.99. The van der Waals surface area contributed by atoms with Crippen molar-refractivity contribution in [3.63, 3.8) is 0 Å². The number of hydrogen-bond donors (Lipinski definition) is 1. The van der Waals surface area contributed by atoms with Crippen molar-refractivity contribution in [3.05, 3.63) is 0 Å². The Morgan fingerprint density at radius 3 is 2.56 bits per heavy atom. The van der Waals surface area contributed by atoms with Crippen LogP contribution in [0.3, 0.4) is 0 Å². The quantitative estimate of drug-likeness (QED) is 0.756. The van der Waals surface area contributed by atoms with Crippen LogP contribution >= 0.6 is 0 Å². The molecule has 0 aromatic carbocycles. The molecule has 0 aliphatic carbocycles. The van der Waals surface area contributed by atoms with E-state index in [2.05, 4.69) is 39.2 Å². The van der Waals surface area contributed by atoms with Gasteiger partial charge in [-0.05, 0) is 31.0 Å². The van der Waals surface area contributed by atoms with Crippen molar-refractivity contribution in [2.45, 2.75) is 70.2 Å². The van der Waals surface area contributed by atoms with Gasteiger partial charge in [0.25, 0.3) is 0 Å². The highest BCUT2D eigenvalue weighted by atomic mass is 28.4. The van der Waals surface area contributed by atoms with Crippen LogP contribution in [0.15, 0.2) is 0 Å². The first kappa shape index (κ1) is 12.6. The summed E-state index contributed by atoms with van der Waals surface area (Å²) in [5, 5.41) is 3.69. The van der Waals surface area contributed by atoms with Crippen molar-refractivity contribution in [1.29, 1.82) is 0 Å². The lowest BCUT2D eigenvalue weighted by Crippen LogP contribution is -2.54. The molecule has 0 saturated carbocycles. The van der Waals surface area contributed by atoms with E-state index in [0.29, 0.717) is 12.3 Å². The summed E-state index contributed by atoms with van der Waals surface area (Å²) in [6.07, 6.45) is 3.18.